The molecule has 5 heteroatoms. The Kier molecular flexibility index (Phi) is 3.40. The first kappa shape index (κ1) is 13.4. The van der Waals surface area contributed by atoms with Crippen LogP contribution in [0.2, 0.25) is 0 Å². The van der Waals surface area contributed by atoms with E-state index in [0.29, 0.717) is 6.54 Å². The van der Waals surface area contributed by atoms with Crippen LogP contribution in [0.5, 0.6) is 0 Å². The fourth-order valence-electron chi connectivity index (χ4n) is 2.70. The molecule has 1 aromatic carbocycles. The smallest absolute Gasteiger partial charge is 0.0848 e. The van der Waals surface area contributed by atoms with E-state index in [-0.39, 0.29) is 0 Å². The molecule has 104 valence electrons. The monoisotopic (exact) mass is 332 g/mol. The molecule has 0 aliphatic carbocycles. The normalized spacial score (nSPS) is 11.4. The number of hydrogen-bond acceptors (Lipinski definition) is 2. The van der Waals surface area contributed by atoms with E-state index in [2.05, 4.69) is 51.1 Å². The average Bonchev–Trinajstić information content (AvgIpc) is 2.88. The van der Waals surface area contributed by atoms with Crippen molar-refractivity contribution in [1.82, 2.24) is 14.8 Å². The van der Waals surface area contributed by atoms with E-state index in [1.54, 1.807) is 0 Å². The Bertz CT molecular complexity index is 770. The number of aromatic amines is 1. The number of hydrogen-bond donors (Lipinski definition) is 2. The van der Waals surface area contributed by atoms with Crippen LogP contribution in [0.1, 0.15) is 11.4 Å². The topological polar surface area (TPSA) is 59.6 Å². The number of aryl methyl sites for hydroxylation is 2. The molecular formula is C15H17BrN4. The Labute approximate surface area is 126 Å². The number of nitrogens with one attached hydrogen (secondary N) is 1. The Morgan fingerprint density at radius 2 is 2.10 bits per heavy atom. The van der Waals surface area contributed by atoms with Gasteiger partial charge in [-0.15, -0.1) is 0 Å². The lowest BCUT2D eigenvalue weighted by molar-refractivity contribution is 0.745. The number of nitrogens with zero attached hydrogens (tertiary/aromatic N) is 2. The highest BCUT2D eigenvalue weighted by Gasteiger charge is 2.20. The molecule has 0 atom stereocenters. The maximum Gasteiger partial charge on any atom is 0.0848 e. The second kappa shape index (κ2) is 5.07. The molecule has 0 aliphatic rings. The summed E-state index contributed by atoms with van der Waals surface area (Å²) in [6.07, 6.45) is 0.774. The summed E-state index contributed by atoms with van der Waals surface area (Å²) in [5.41, 5.74) is 11.3. The van der Waals surface area contributed by atoms with Gasteiger partial charge in [0, 0.05) is 35.6 Å². The van der Waals surface area contributed by atoms with E-state index >= 15 is 0 Å². The number of rotatable bonds is 3. The molecule has 3 rings (SSSR count). The summed E-state index contributed by atoms with van der Waals surface area (Å²) in [7, 11) is 1.97. The molecule has 0 unspecified atom stereocenters. The van der Waals surface area contributed by atoms with E-state index < -0.39 is 0 Å². The molecule has 0 saturated heterocycles. The summed E-state index contributed by atoms with van der Waals surface area (Å²) in [4.78, 5) is 3.43. The highest BCUT2D eigenvalue weighted by molar-refractivity contribution is 9.10. The average molecular weight is 333 g/mol. The number of benzene rings is 1. The van der Waals surface area contributed by atoms with E-state index in [1.165, 1.54) is 10.9 Å². The number of nitrogens with two attached hydrogens (primary N) is 1. The van der Waals surface area contributed by atoms with Crippen molar-refractivity contribution >= 4 is 26.8 Å². The molecule has 0 saturated carbocycles. The van der Waals surface area contributed by atoms with Crippen molar-refractivity contribution < 1.29 is 0 Å². The zero-order chi connectivity index (χ0) is 14.3. The maximum atomic E-state index is 5.65. The van der Waals surface area contributed by atoms with Gasteiger partial charge in [-0.25, -0.2) is 0 Å². The minimum atomic E-state index is 0.599. The number of H-pyrrole nitrogens is 1. The highest BCUT2D eigenvalue weighted by Crippen LogP contribution is 2.37. The molecule has 2 heterocycles. The van der Waals surface area contributed by atoms with Gasteiger partial charge in [-0.2, -0.15) is 5.10 Å². The van der Waals surface area contributed by atoms with Crippen LogP contribution in [-0.2, 0) is 13.5 Å². The third kappa shape index (κ3) is 1.98. The number of halogens is 1. The number of aromatic nitrogens is 3. The molecule has 4 nitrogen and oxygen atoms in total. The van der Waals surface area contributed by atoms with Crippen LogP contribution in [-0.4, -0.2) is 21.3 Å². The molecular weight excluding hydrogens is 316 g/mol. The lowest BCUT2D eigenvalue weighted by Gasteiger charge is -2.03. The summed E-state index contributed by atoms with van der Waals surface area (Å²) in [5.74, 6) is 0. The van der Waals surface area contributed by atoms with Crippen LogP contribution in [0.15, 0.2) is 28.7 Å². The summed E-state index contributed by atoms with van der Waals surface area (Å²) in [5, 5.41) is 5.80. The molecule has 20 heavy (non-hydrogen) atoms. The van der Waals surface area contributed by atoms with Gasteiger partial charge >= 0.3 is 0 Å². The molecule has 3 N–H and O–H groups in total. The summed E-state index contributed by atoms with van der Waals surface area (Å²) < 4.78 is 2.97. The SMILES string of the molecule is Cc1[nH]c2ccccc2c1-c1c(Br)c(CCN)nn1C. The van der Waals surface area contributed by atoms with Crippen LogP contribution < -0.4 is 5.73 Å². The van der Waals surface area contributed by atoms with E-state index in [9.17, 15) is 0 Å². The van der Waals surface area contributed by atoms with Crippen molar-refractivity contribution in [3.8, 4) is 11.3 Å². The molecule has 0 amide bonds. The Balaban J connectivity index is 2.28. The molecule has 0 fully saturated rings. The lowest BCUT2D eigenvalue weighted by atomic mass is 10.1. The van der Waals surface area contributed by atoms with E-state index in [4.69, 9.17) is 5.73 Å². The fourth-order valence-corrected chi connectivity index (χ4v) is 3.44. The second-order valence-electron chi connectivity index (χ2n) is 4.94. The highest BCUT2D eigenvalue weighted by atomic mass is 79.9. The van der Waals surface area contributed by atoms with Gasteiger partial charge in [-0.1, -0.05) is 18.2 Å². The molecule has 3 aromatic rings. The molecule has 0 spiro atoms. The minimum absolute atomic E-state index is 0.599. The maximum absolute atomic E-state index is 5.65. The van der Waals surface area contributed by atoms with Gasteiger partial charge in [0.1, 0.15) is 0 Å². The Hall–Kier alpha value is -1.59. The van der Waals surface area contributed by atoms with E-state index in [1.807, 2.05) is 17.8 Å². The van der Waals surface area contributed by atoms with Crippen LogP contribution >= 0.6 is 15.9 Å². The number of fused-ring (bicyclic) bond motifs is 1. The molecule has 0 aliphatic heterocycles. The number of para-hydroxylation sites is 1. The van der Waals surface area contributed by atoms with Crippen molar-refractivity contribution in [3.05, 3.63) is 40.1 Å². The van der Waals surface area contributed by atoms with Crippen molar-refractivity contribution in [1.29, 1.82) is 0 Å². The zero-order valence-corrected chi connectivity index (χ0v) is 13.2. The van der Waals surface area contributed by atoms with Gasteiger partial charge in [0.05, 0.1) is 15.9 Å². The third-order valence-electron chi connectivity index (χ3n) is 3.57. The summed E-state index contributed by atoms with van der Waals surface area (Å²) in [6, 6.07) is 8.33. The quantitative estimate of drug-likeness (QED) is 0.774. The largest absolute Gasteiger partial charge is 0.358 e. The van der Waals surface area contributed by atoms with Crippen LogP contribution in [0, 0.1) is 6.92 Å². The van der Waals surface area contributed by atoms with Gasteiger partial charge < -0.3 is 10.7 Å². The zero-order valence-electron chi connectivity index (χ0n) is 11.6. The van der Waals surface area contributed by atoms with Gasteiger partial charge in [-0.05, 0) is 35.5 Å². The van der Waals surface area contributed by atoms with Crippen molar-refractivity contribution in [2.45, 2.75) is 13.3 Å². The van der Waals surface area contributed by atoms with Crippen molar-refractivity contribution in [2.75, 3.05) is 6.54 Å². The fraction of sp³-hybridized carbons (Fsp3) is 0.267. The Morgan fingerprint density at radius 1 is 1.35 bits per heavy atom. The van der Waals surface area contributed by atoms with Gasteiger partial charge in [0.15, 0.2) is 0 Å². The third-order valence-corrected chi connectivity index (χ3v) is 4.40. The first-order valence-corrected chi connectivity index (χ1v) is 7.42. The summed E-state index contributed by atoms with van der Waals surface area (Å²) in [6.45, 7) is 2.69. The standard InChI is InChI=1S/C15H17BrN4/c1-9-13(10-5-3-4-6-11(10)18-9)15-14(16)12(7-8-17)19-20(15)2/h3-6,18H,7-8,17H2,1-2H3. The Morgan fingerprint density at radius 3 is 2.85 bits per heavy atom. The van der Waals surface area contributed by atoms with Gasteiger partial charge in [-0.3, -0.25) is 4.68 Å². The van der Waals surface area contributed by atoms with Crippen LogP contribution in [0.25, 0.3) is 22.2 Å². The van der Waals surface area contributed by atoms with Gasteiger partial charge in [0.25, 0.3) is 0 Å². The van der Waals surface area contributed by atoms with E-state index in [0.717, 1.165) is 33.5 Å². The van der Waals surface area contributed by atoms with Crippen molar-refractivity contribution in [3.63, 3.8) is 0 Å². The van der Waals surface area contributed by atoms with Crippen LogP contribution in [0.3, 0.4) is 0 Å². The second-order valence-corrected chi connectivity index (χ2v) is 5.74. The predicted octanol–water partition coefficient (Wildman–Crippen LogP) is 3.14. The van der Waals surface area contributed by atoms with Crippen LogP contribution in [0.4, 0.5) is 0 Å². The molecule has 2 aromatic heterocycles. The molecule has 0 radical (unpaired) electrons. The summed E-state index contributed by atoms with van der Waals surface area (Å²) >= 11 is 3.69. The first-order valence-electron chi connectivity index (χ1n) is 6.62. The van der Waals surface area contributed by atoms with Crippen molar-refractivity contribution in [2.24, 2.45) is 12.8 Å². The lowest BCUT2D eigenvalue weighted by Crippen LogP contribution is -2.04. The molecule has 0 bridgehead atoms. The van der Waals surface area contributed by atoms with Gasteiger partial charge in [0.2, 0.25) is 0 Å². The predicted molar refractivity (Wildman–Crippen MR) is 85.7 cm³/mol. The minimum Gasteiger partial charge on any atom is -0.358 e. The first-order chi connectivity index (χ1) is 9.63.